The Morgan fingerprint density at radius 3 is 2.09 bits per heavy atom. The molecule has 0 fully saturated rings. The van der Waals surface area contributed by atoms with Gasteiger partial charge in [-0.15, -0.1) is 0 Å². The van der Waals surface area contributed by atoms with E-state index in [1.165, 1.54) is 24.4 Å². The first-order chi connectivity index (χ1) is 15.8. The lowest BCUT2D eigenvalue weighted by Crippen LogP contribution is -2.20. The fraction of sp³-hybridized carbons (Fsp3) is 0.304. The van der Waals surface area contributed by atoms with Crippen LogP contribution in [0.1, 0.15) is 40.9 Å². The Bertz CT molecular complexity index is 1250. The number of aromatic nitrogens is 1. The molecule has 2 aromatic carbocycles. The summed E-state index contributed by atoms with van der Waals surface area (Å²) in [6, 6.07) is 5.39. The van der Waals surface area contributed by atoms with Crippen molar-refractivity contribution in [3.05, 3.63) is 75.1 Å². The summed E-state index contributed by atoms with van der Waals surface area (Å²) in [5, 5.41) is 0.0879. The smallest absolute Gasteiger partial charge is 0.416 e. The van der Waals surface area contributed by atoms with Gasteiger partial charge in [0.2, 0.25) is 5.43 Å². The number of benzene rings is 2. The van der Waals surface area contributed by atoms with E-state index in [-0.39, 0.29) is 34.9 Å². The summed E-state index contributed by atoms with van der Waals surface area (Å²) in [4.78, 5) is 25.0. The minimum Gasteiger partial charge on any atom is -0.489 e. The highest BCUT2D eigenvalue weighted by Gasteiger charge is 2.36. The van der Waals surface area contributed by atoms with E-state index in [0.717, 1.165) is 0 Å². The normalized spacial score (nSPS) is 12.1. The molecule has 182 valence electrons. The Balaban J connectivity index is 1.99. The van der Waals surface area contributed by atoms with Crippen molar-refractivity contribution >= 4 is 16.9 Å². The van der Waals surface area contributed by atoms with Crippen molar-refractivity contribution in [2.45, 2.75) is 39.4 Å². The summed E-state index contributed by atoms with van der Waals surface area (Å²) >= 11 is 0. The van der Waals surface area contributed by atoms with Gasteiger partial charge in [0.25, 0.3) is 0 Å². The Kier molecular flexibility index (Phi) is 6.94. The number of ether oxygens (including phenoxy) is 2. The third-order valence-corrected chi connectivity index (χ3v) is 4.94. The first-order valence-corrected chi connectivity index (χ1v) is 10.1. The number of halogens is 6. The minimum atomic E-state index is -4.98. The maximum Gasteiger partial charge on any atom is 0.416 e. The van der Waals surface area contributed by atoms with Gasteiger partial charge >= 0.3 is 18.3 Å². The van der Waals surface area contributed by atoms with Crippen LogP contribution in [0.4, 0.5) is 26.3 Å². The number of pyridine rings is 1. The predicted octanol–water partition coefficient (Wildman–Crippen LogP) is 5.81. The van der Waals surface area contributed by atoms with Crippen molar-refractivity contribution in [2.24, 2.45) is 0 Å². The third kappa shape index (κ3) is 5.35. The van der Waals surface area contributed by atoms with Crippen LogP contribution in [0.25, 0.3) is 10.9 Å². The Hall–Kier alpha value is -3.50. The molecule has 0 N–H and O–H groups in total. The number of nitrogens with zero attached hydrogens (tertiary/aromatic N) is 1. The molecule has 0 unspecified atom stereocenters. The number of esters is 1. The summed E-state index contributed by atoms with van der Waals surface area (Å²) < 4.78 is 90.3. The molecule has 34 heavy (non-hydrogen) atoms. The maximum atomic E-state index is 13.1. The number of rotatable bonds is 6. The Labute approximate surface area is 189 Å². The van der Waals surface area contributed by atoms with Crippen LogP contribution in [0.5, 0.6) is 5.75 Å². The average molecular weight is 487 g/mol. The van der Waals surface area contributed by atoms with Crippen molar-refractivity contribution in [1.29, 1.82) is 0 Å². The van der Waals surface area contributed by atoms with Gasteiger partial charge in [-0.1, -0.05) is 0 Å². The Morgan fingerprint density at radius 2 is 1.56 bits per heavy atom. The van der Waals surface area contributed by atoms with Crippen molar-refractivity contribution in [2.75, 3.05) is 6.61 Å². The van der Waals surface area contributed by atoms with E-state index in [0.29, 0.717) is 24.2 Å². The zero-order valence-electron chi connectivity index (χ0n) is 18.0. The van der Waals surface area contributed by atoms with Crippen LogP contribution in [-0.2, 0) is 30.2 Å². The van der Waals surface area contributed by atoms with Gasteiger partial charge in [-0.05, 0) is 55.8 Å². The Morgan fingerprint density at radius 1 is 0.941 bits per heavy atom. The lowest BCUT2D eigenvalue weighted by Gasteiger charge is -2.15. The van der Waals surface area contributed by atoms with Crippen LogP contribution in [0.15, 0.2) is 47.4 Å². The molecular weight excluding hydrogens is 468 g/mol. The standard InChI is InChI=1S/C23H19F6NO4/c1-3-30-11-18(21(32)33-4-2)20(31)17-10-16(5-6-19(17)30)34-12-13-7-14(22(24,25)26)9-15(8-13)23(27,28)29/h5-11H,3-4,12H2,1-2H3. The van der Waals surface area contributed by atoms with Crippen molar-refractivity contribution in [1.82, 2.24) is 4.57 Å². The molecule has 0 spiro atoms. The SMILES string of the molecule is CCOC(=O)c1cn(CC)c2ccc(OCc3cc(C(F)(F)F)cc(C(F)(F)F)c3)cc2c1=O. The second kappa shape index (κ2) is 9.40. The highest BCUT2D eigenvalue weighted by atomic mass is 19.4. The van der Waals surface area contributed by atoms with Gasteiger partial charge in [-0.25, -0.2) is 4.79 Å². The molecule has 1 aromatic heterocycles. The quantitative estimate of drug-likeness (QED) is 0.325. The summed E-state index contributed by atoms with van der Waals surface area (Å²) in [6.45, 7) is 3.23. The van der Waals surface area contributed by atoms with Gasteiger partial charge in [-0.3, -0.25) is 4.79 Å². The first-order valence-electron chi connectivity index (χ1n) is 10.1. The topological polar surface area (TPSA) is 57.5 Å². The molecule has 0 saturated heterocycles. The van der Waals surface area contributed by atoms with E-state index >= 15 is 0 Å². The van der Waals surface area contributed by atoms with E-state index in [4.69, 9.17) is 9.47 Å². The van der Waals surface area contributed by atoms with Gasteiger partial charge in [0.15, 0.2) is 0 Å². The van der Waals surface area contributed by atoms with Crippen LogP contribution in [-0.4, -0.2) is 17.1 Å². The summed E-state index contributed by atoms with van der Waals surface area (Å²) in [6.07, 6.45) is -8.59. The van der Waals surface area contributed by atoms with Gasteiger partial charge < -0.3 is 14.0 Å². The number of fused-ring (bicyclic) bond motifs is 1. The number of aryl methyl sites for hydroxylation is 1. The van der Waals surface area contributed by atoms with Crippen LogP contribution in [0.2, 0.25) is 0 Å². The number of carbonyl (C=O) groups is 1. The molecule has 1 heterocycles. The summed E-state index contributed by atoms with van der Waals surface area (Å²) in [5.41, 5.74) is -3.64. The maximum absolute atomic E-state index is 13.1. The van der Waals surface area contributed by atoms with Crippen LogP contribution < -0.4 is 10.2 Å². The molecule has 0 saturated carbocycles. The molecule has 0 aliphatic rings. The van der Waals surface area contributed by atoms with Gasteiger partial charge in [0.05, 0.1) is 28.6 Å². The lowest BCUT2D eigenvalue weighted by molar-refractivity contribution is -0.143. The zero-order chi connectivity index (χ0) is 25.3. The average Bonchev–Trinajstić information content (AvgIpc) is 2.77. The van der Waals surface area contributed by atoms with E-state index < -0.39 is 41.5 Å². The molecule has 0 amide bonds. The second-order valence-electron chi connectivity index (χ2n) is 7.26. The molecule has 0 aliphatic carbocycles. The molecule has 3 rings (SSSR count). The molecule has 0 aliphatic heterocycles. The molecule has 0 bridgehead atoms. The molecule has 0 radical (unpaired) electrons. The van der Waals surface area contributed by atoms with Crippen LogP contribution in [0.3, 0.4) is 0 Å². The highest BCUT2D eigenvalue weighted by molar-refractivity contribution is 5.94. The lowest BCUT2D eigenvalue weighted by atomic mass is 10.1. The van der Waals surface area contributed by atoms with Crippen LogP contribution in [0, 0.1) is 0 Å². The molecule has 5 nitrogen and oxygen atoms in total. The van der Waals surface area contributed by atoms with E-state index in [1.54, 1.807) is 18.4 Å². The van der Waals surface area contributed by atoms with Crippen molar-refractivity contribution < 1.29 is 40.6 Å². The summed E-state index contributed by atoms with van der Waals surface area (Å²) in [7, 11) is 0. The monoisotopic (exact) mass is 487 g/mol. The number of alkyl halides is 6. The van der Waals surface area contributed by atoms with E-state index in [2.05, 4.69) is 0 Å². The minimum absolute atomic E-state index is 0.0271. The predicted molar refractivity (Wildman–Crippen MR) is 111 cm³/mol. The second-order valence-corrected chi connectivity index (χ2v) is 7.26. The van der Waals surface area contributed by atoms with E-state index in [1.807, 2.05) is 0 Å². The molecule has 11 heteroatoms. The molecule has 3 aromatic rings. The largest absolute Gasteiger partial charge is 0.489 e. The highest BCUT2D eigenvalue weighted by Crippen LogP contribution is 2.36. The van der Waals surface area contributed by atoms with E-state index in [9.17, 15) is 35.9 Å². The van der Waals surface area contributed by atoms with Crippen molar-refractivity contribution in [3.63, 3.8) is 0 Å². The number of carbonyl (C=O) groups excluding carboxylic acids is 1. The summed E-state index contributed by atoms with van der Waals surface area (Å²) in [5.74, 6) is -0.786. The first kappa shape index (κ1) is 25.1. The number of hydrogen-bond acceptors (Lipinski definition) is 4. The van der Waals surface area contributed by atoms with Gasteiger partial charge in [-0.2, -0.15) is 26.3 Å². The van der Waals surface area contributed by atoms with Crippen LogP contribution >= 0.6 is 0 Å². The number of hydrogen-bond donors (Lipinski definition) is 0. The fourth-order valence-electron chi connectivity index (χ4n) is 3.35. The zero-order valence-corrected chi connectivity index (χ0v) is 18.0. The van der Waals surface area contributed by atoms with Gasteiger partial charge in [0.1, 0.15) is 17.9 Å². The fourth-order valence-corrected chi connectivity index (χ4v) is 3.35. The molecular formula is C23H19F6NO4. The molecule has 0 atom stereocenters. The van der Waals surface area contributed by atoms with Crippen molar-refractivity contribution in [3.8, 4) is 5.75 Å². The van der Waals surface area contributed by atoms with Gasteiger partial charge in [0, 0.05) is 12.7 Å². The third-order valence-electron chi connectivity index (χ3n) is 4.94.